The van der Waals surface area contributed by atoms with Crippen LogP contribution in [0, 0.1) is 0 Å². The summed E-state index contributed by atoms with van der Waals surface area (Å²) < 4.78 is 5.10. The van der Waals surface area contributed by atoms with E-state index in [1.54, 1.807) is 11.8 Å². The van der Waals surface area contributed by atoms with E-state index < -0.39 is 0 Å². The lowest BCUT2D eigenvalue weighted by Gasteiger charge is -2.15. The van der Waals surface area contributed by atoms with Gasteiger partial charge in [-0.2, -0.15) is 0 Å². The van der Waals surface area contributed by atoms with Gasteiger partial charge >= 0.3 is 0 Å². The van der Waals surface area contributed by atoms with Crippen LogP contribution in [0.15, 0.2) is 59.5 Å². The van der Waals surface area contributed by atoms with Gasteiger partial charge in [-0.05, 0) is 56.2 Å². The first-order chi connectivity index (χ1) is 10.7. The molecule has 3 nitrogen and oxygen atoms in total. The summed E-state index contributed by atoms with van der Waals surface area (Å²) >= 11 is 1.66. The van der Waals surface area contributed by atoms with E-state index in [9.17, 15) is 4.79 Å². The Bertz CT molecular complexity index is 636. The molecule has 4 heteroatoms. The van der Waals surface area contributed by atoms with Crippen LogP contribution >= 0.6 is 11.8 Å². The van der Waals surface area contributed by atoms with Crippen molar-refractivity contribution in [1.82, 2.24) is 0 Å². The van der Waals surface area contributed by atoms with Crippen LogP contribution in [0.2, 0.25) is 0 Å². The smallest absolute Gasteiger partial charge is 0.240 e. The van der Waals surface area contributed by atoms with E-state index in [4.69, 9.17) is 4.74 Å². The molecule has 0 unspecified atom stereocenters. The molecule has 1 amide bonds. The van der Waals surface area contributed by atoms with Crippen LogP contribution in [0.5, 0.6) is 5.75 Å². The van der Waals surface area contributed by atoms with Gasteiger partial charge in [-0.15, -0.1) is 11.8 Å². The maximum absolute atomic E-state index is 12.5. The zero-order chi connectivity index (χ0) is 15.4. The topological polar surface area (TPSA) is 38.3 Å². The van der Waals surface area contributed by atoms with Gasteiger partial charge in [0.2, 0.25) is 5.91 Å². The number of thioether (sulfide) groups is 1. The number of amides is 1. The van der Waals surface area contributed by atoms with Crippen LogP contribution in [-0.2, 0) is 4.79 Å². The molecule has 0 aromatic heterocycles. The van der Waals surface area contributed by atoms with Gasteiger partial charge in [0.05, 0.1) is 11.4 Å². The lowest BCUT2D eigenvalue weighted by atomic mass is 10.3. The van der Waals surface area contributed by atoms with Gasteiger partial charge in [0.15, 0.2) is 0 Å². The number of rotatable bonds is 6. The molecule has 1 aliphatic carbocycles. The molecule has 0 spiro atoms. The van der Waals surface area contributed by atoms with Crippen molar-refractivity contribution in [2.45, 2.75) is 29.4 Å². The molecular weight excluding hydrogens is 294 g/mol. The Morgan fingerprint density at radius 2 is 1.82 bits per heavy atom. The van der Waals surface area contributed by atoms with E-state index in [0.29, 0.717) is 6.61 Å². The molecule has 1 fully saturated rings. The van der Waals surface area contributed by atoms with Crippen molar-refractivity contribution in [3.05, 3.63) is 54.6 Å². The van der Waals surface area contributed by atoms with Crippen molar-refractivity contribution in [1.29, 1.82) is 0 Å². The highest BCUT2D eigenvalue weighted by Crippen LogP contribution is 2.52. The maximum atomic E-state index is 12.5. The SMILES string of the molecule is CCOc1ccc(NC(=O)C2(Sc3ccccc3)CC2)cc1. The monoisotopic (exact) mass is 313 g/mol. The van der Waals surface area contributed by atoms with E-state index in [0.717, 1.165) is 29.2 Å². The van der Waals surface area contributed by atoms with Gasteiger partial charge < -0.3 is 10.1 Å². The molecule has 1 N–H and O–H groups in total. The summed E-state index contributed by atoms with van der Waals surface area (Å²) in [6, 6.07) is 17.6. The lowest BCUT2D eigenvalue weighted by molar-refractivity contribution is -0.116. The van der Waals surface area contributed by atoms with E-state index >= 15 is 0 Å². The Morgan fingerprint density at radius 1 is 1.14 bits per heavy atom. The largest absolute Gasteiger partial charge is 0.494 e. The zero-order valence-corrected chi connectivity index (χ0v) is 13.4. The third-order valence-electron chi connectivity index (χ3n) is 3.60. The highest BCUT2D eigenvalue weighted by Gasteiger charge is 2.50. The van der Waals surface area contributed by atoms with Gasteiger partial charge in [0.1, 0.15) is 5.75 Å². The van der Waals surface area contributed by atoms with Crippen molar-refractivity contribution in [2.75, 3.05) is 11.9 Å². The van der Waals surface area contributed by atoms with Crippen molar-refractivity contribution < 1.29 is 9.53 Å². The predicted octanol–water partition coefficient (Wildman–Crippen LogP) is 4.35. The highest BCUT2D eigenvalue weighted by atomic mass is 32.2. The number of benzene rings is 2. The number of hydrogen-bond acceptors (Lipinski definition) is 3. The number of nitrogens with one attached hydrogen (secondary N) is 1. The first-order valence-electron chi connectivity index (χ1n) is 7.50. The number of carbonyl (C=O) groups is 1. The summed E-state index contributed by atoms with van der Waals surface area (Å²) in [6.07, 6.45) is 1.85. The fourth-order valence-corrected chi connectivity index (χ4v) is 3.44. The second-order valence-corrected chi connectivity index (χ2v) is 6.78. The Labute approximate surface area is 135 Å². The van der Waals surface area contributed by atoms with Gasteiger partial charge in [-0.25, -0.2) is 0 Å². The number of anilines is 1. The first kappa shape index (κ1) is 15.0. The van der Waals surface area contributed by atoms with Crippen molar-refractivity contribution >= 4 is 23.4 Å². The summed E-state index contributed by atoms with van der Waals surface area (Å²) in [5, 5.41) is 3.02. The number of carbonyl (C=O) groups excluding carboxylic acids is 1. The van der Waals surface area contributed by atoms with E-state index in [1.165, 1.54) is 0 Å². The average Bonchev–Trinajstić information content (AvgIpc) is 3.31. The van der Waals surface area contributed by atoms with E-state index in [1.807, 2.05) is 49.4 Å². The van der Waals surface area contributed by atoms with Gasteiger partial charge in [-0.3, -0.25) is 4.79 Å². The summed E-state index contributed by atoms with van der Waals surface area (Å²) in [6.45, 7) is 2.59. The first-order valence-corrected chi connectivity index (χ1v) is 8.32. The quantitative estimate of drug-likeness (QED) is 0.861. The van der Waals surface area contributed by atoms with Crippen LogP contribution in [0.1, 0.15) is 19.8 Å². The second kappa shape index (κ2) is 6.44. The van der Waals surface area contributed by atoms with Gasteiger partial charge in [0.25, 0.3) is 0 Å². The fraction of sp³-hybridized carbons (Fsp3) is 0.278. The van der Waals surface area contributed by atoms with Crippen molar-refractivity contribution in [2.24, 2.45) is 0 Å². The third kappa shape index (κ3) is 3.45. The minimum Gasteiger partial charge on any atom is -0.494 e. The van der Waals surface area contributed by atoms with Gasteiger partial charge in [0, 0.05) is 10.6 Å². The molecule has 114 valence electrons. The molecule has 2 aromatic rings. The third-order valence-corrected chi connectivity index (χ3v) is 5.09. The zero-order valence-electron chi connectivity index (χ0n) is 12.5. The number of ether oxygens (including phenoxy) is 1. The Hall–Kier alpha value is -1.94. The van der Waals surface area contributed by atoms with Crippen LogP contribution < -0.4 is 10.1 Å². The van der Waals surface area contributed by atoms with Crippen LogP contribution in [0.3, 0.4) is 0 Å². The summed E-state index contributed by atoms with van der Waals surface area (Å²) in [7, 11) is 0. The molecule has 22 heavy (non-hydrogen) atoms. The molecule has 0 atom stereocenters. The number of hydrogen-bond donors (Lipinski definition) is 1. The minimum atomic E-state index is -0.306. The lowest BCUT2D eigenvalue weighted by Crippen LogP contribution is -2.26. The summed E-state index contributed by atoms with van der Waals surface area (Å²) in [4.78, 5) is 13.7. The Morgan fingerprint density at radius 3 is 2.41 bits per heavy atom. The second-order valence-electron chi connectivity index (χ2n) is 5.32. The van der Waals surface area contributed by atoms with Crippen LogP contribution in [-0.4, -0.2) is 17.3 Å². The average molecular weight is 313 g/mol. The molecule has 0 aliphatic heterocycles. The van der Waals surface area contributed by atoms with Gasteiger partial charge in [-0.1, -0.05) is 18.2 Å². The Balaban J connectivity index is 1.64. The fourth-order valence-electron chi connectivity index (χ4n) is 2.25. The normalized spacial score (nSPS) is 15.1. The molecule has 3 rings (SSSR count). The molecular formula is C18H19NO2S. The van der Waals surface area contributed by atoms with E-state index in [2.05, 4.69) is 17.4 Å². The molecule has 2 aromatic carbocycles. The molecule has 0 heterocycles. The molecule has 1 saturated carbocycles. The summed E-state index contributed by atoms with van der Waals surface area (Å²) in [5.41, 5.74) is 0.813. The van der Waals surface area contributed by atoms with E-state index in [-0.39, 0.29) is 10.7 Å². The molecule has 1 aliphatic rings. The minimum absolute atomic E-state index is 0.0884. The van der Waals surface area contributed by atoms with Crippen LogP contribution in [0.4, 0.5) is 5.69 Å². The Kier molecular flexibility index (Phi) is 4.39. The summed E-state index contributed by atoms with van der Waals surface area (Å²) in [5.74, 6) is 0.908. The molecule has 0 bridgehead atoms. The highest BCUT2D eigenvalue weighted by molar-refractivity contribution is 8.01. The van der Waals surface area contributed by atoms with Crippen molar-refractivity contribution in [3.8, 4) is 5.75 Å². The maximum Gasteiger partial charge on any atom is 0.240 e. The predicted molar refractivity (Wildman–Crippen MR) is 90.5 cm³/mol. The van der Waals surface area contributed by atoms with Crippen LogP contribution in [0.25, 0.3) is 0 Å². The molecule has 0 saturated heterocycles. The molecule has 0 radical (unpaired) electrons. The standard InChI is InChI=1S/C18H19NO2S/c1-2-21-15-10-8-14(9-11-15)19-17(20)18(12-13-18)22-16-6-4-3-5-7-16/h3-11H,2,12-13H2,1H3,(H,19,20). The van der Waals surface area contributed by atoms with Crippen molar-refractivity contribution in [3.63, 3.8) is 0 Å².